The van der Waals surface area contributed by atoms with E-state index in [1.54, 1.807) is 30.2 Å². The molecule has 0 aliphatic heterocycles. The van der Waals surface area contributed by atoms with E-state index in [-0.39, 0.29) is 11.2 Å². The van der Waals surface area contributed by atoms with Crippen LogP contribution in [0.4, 0.5) is 11.4 Å². The summed E-state index contributed by atoms with van der Waals surface area (Å²) in [5.74, 6) is 0. The van der Waals surface area contributed by atoms with Gasteiger partial charge in [0.15, 0.2) is 5.69 Å². The molecule has 2 aromatic heterocycles. The Bertz CT molecular complexity index is 665. The fraction of sp³-hybridized carbons (Fsp3) is 0.167. The number of hydrogen-bond acceptors (Lipinski definition) is 4. The highest BCUT2D eigenvalue weighted by Gasteiger charge is 2.13. The second kappa shape index (κ2) is 4.79. The van der Waals surface area contributed by atoms with E-state index in [0.29, 0.717) is 5.69 Å². The van der Waals surface area contributed by atoms with Crippen LogP contribution in [0.3, 0.4) is 0 Å². The molecule has 0 bridgehead atoms. The first-order valence-electron chi connectivity index (χ1n) is 5.37. The molecule has 0 saturated heterocycles. The third kappa shape index (κ3) is 2.00. The average molecular weight is 243 g/mol. The van der Waals surface area contributed by atoms with Crippen LogP contribution in [0.1, 0.15) is 6.92 Å². The maximum Gasteiger partial charge on any atom is 0.276 e. The second-order valence-electron chi connectivity index (χ2n) is 3.68. The molecule has 0 atom stereocenters. The minimum absolute atomic E-state index is 0.258. The van der Waals surface area contributed by atoms with Gasteiger partial charge in [0.25, 0.3) is 5.56 Å². The highest BCUT2D eigenvalue weighted by atomic mass is 16.1. The third-order valence-electron chi connectivity index (χ3n) is 2.47. The first-order chi connectivity index (χ1) is 8.67. The number of aryl methyl sites for hydroxylation is 1. The van der Waals surface area contributed by atoms with Crippen LogP contribution in [0.2, 0.25) is 0 Å². The van der Waals surface area contributed by atoms with Crippen molar-refractivity contribution in [2.24, 2.45) is 17.0 Å². The van der Waals surface area contributed by atoms with E-state index in [0.717, 1.165) is 11.1 Å². The number of nitrogens with one attached hydrogen (secondary N) is 1. The predicted molar refractivity (Wildman–Crippen MR) is 72.3 cm³/mol. The van der Waals surface area contributed by atoms with Gasteiger partial charge in [-0.05, 0) is 13.6 Å². The van der Waals surface area contributed by atoms with E-state index in [4.69, 9.17) is 0 Å². The lowest BCUT2D eigenvalue weighted by molar-refractivity contribution is 0.768. The number of aromatic amines is 1. The van der Waals surface area contributed by atoms with E-state index in [1.165, 1.54) is 0 Å². The summed E-state index contributed by atoms with van der Waals surface area (Å²) in [5.41, 5.74) is 2.03. The molecular weight excluding hydrogens is 230 g/mol. The summed E-state index contributed by atoms with van der Waals surface area (Å²) in [6.45, 7) is 5.24. The van der Waals surface area contributed by atoms with Gasteiger partial charge in [0.1, 0.15) is 5.69 Å². The van der Waals surface area contributed by atoms with Gasteiger partial charge in [-0.2, -0.15) is 5.10 Å². The highest BCUT2D eigenvalue weighted by molar-refractivity contribution is 5.84. The maximum absolute atomic E-state index is 11.7. The molecule has 6 nitrogen and oxygen atoms in total. The van der Waals surface area contributed by atoms with Gasteiger partial charge >= 0.3 is 0 Å². The zero-order chi connectivity index (χ0) is 13.1. The first kappa shape index (κ1) is 12.0. The lowest BCUT2D eigenvalue weighted by Crippen LogP contribution is -2.05. The van der Waals surface area contributed by atoms with Crippen LogP contribution in [0.25, 0.3) is 11.1 Å². The van der Waals surface area contributed by atoms with Crippen LogP contribution in [0.5, 0.6) is 0 Å². The van der Waals surface area contributed by atoms with Crippen molar-refractivity contribution < 1.29 is 0 Å². The standard InChI is InChI=1S/C12H13N5O/c1-4-14-11-10(13-2)9(6-15-12(11)18)8-5-16-17(3)7-8/h4-7H,2H2,1,3H3,(H,15,18). The van der Waals surface area contributed by atoms with Crippen LogP contribution < -0.4 is 5.56 Å². The van der Waals surface area contributed by atoms with Crippen molar-refractivity contribution in [1.29, 1.82) is 0 Å². The number of nitrogens with zero attached hydrogens (tertiary/aromatic N) is 4. The van der Waals surface area contributed by atoms with E-state index in [9.17, 15) is 4.79 Å². The normalized spacial score (nSPS) is 11.0. The largest absolute Gasteiger partial charge is 0.326 e. The molecule has 0 unspecified atom stereocenters. The molecule has 0 spiro atoms. The minimum Gasteiger partial charge on any atom is -0.326 e. The molecule has 0 aliphatic carbocycles. The molecule has 0 radical (unpaired) electrons. The van der Waals surface area contributed by atoms with Gasteiger partial charge < -0.3 is 4.98 Å². The maximum atomic E-state index is 11.7. The summed E-state index contributed by atoms with van der Waals surface area (Å²) in [4.78, 5) is 22.3. The Morgan fingerprint density at radius 3 is 2.83 bits per heavy atom. The van der Waals surface area contributed by atoms with Crippen molar-refractivity contribution in [3.05, 3.63) is 28.9 Å². The summed E-state index contributed by atoms with van der Waals surface area (Å²) in [6, 6.07) is 0. The summed E-state index contributed by atoms with van der Waals surface area (Å²) in [5, 5.41) is 4.09. The Morgan fingerprint density at radius 2 is 2.28 bits per heavy atom. The topological polar surface area (TPSA) is 75.4 Å². The highest BCUT2D eigenvalue weighted by Crippen LogP contribution is 2.34. The monoisotopic (exact) mass is 243 g/mol. The van der Waals surface area contributed by atoms with Crippen LogP contribution >= 0.6 is 0 Å². The lowest BCUT2D eigenvalue weighted by atomic mass is 10.1. The fourth-order valence-electron chi connectivity index (χ4n) is 1.70. The Kier molecular flexibility index (Phi) is 3.18. The van der Waals surface area contributed by atoms with E-state index in [2.05, 4.69) is 26.8 Å². The van der Waals surface area contributed by atoms with Crippen LogP contribution in [0.15, 0.2) is 33.4 Å². The van der Waals surface area contributed by atoms with Crippen LogP contribution in [-0.4, -0.2) is 27.7 Å². The first-order valence-corrected chi connectivity index (χ1v) is 5.37. The summed E-state index contributed by atoms with van der Waals surface area (Å²) in [6.07, 6.45) is 6.67. The summed E-state index contributed by atoms with van der Waals surface area (Å²) < 4.78 is 1.68. The van der Waals surface area contributed by atoms with Crippen molar-refractivity contribution in [2.75, 3.05) is 0 Å². The van der Waals surface area contributed by atoms with Gasteiger partial charge in [0.05, 0.1) is 6.20 Å². The van der Waals surface area contributed by atoms with E-state index < -0.39 is 0 Å². The average Bonchev–Trinajstić information content (AvgIpc) is 2.78. The molecule has 0 fully saturated rings. The molecule has 2 heterocycles. The zero-order valence-electron chi connectivity index (χ0n) is 10.2. The molecule has 0 saturated carbocycles. The number of pyridine rings is 1. The predicted octanol–water partition coefficient (Wildman–Crippen LogP) is 1.83. The summed E-state index contributed by atoms with van der Waals surface area (Å²) >= 11 is 0. The number of aliphatic imine (C=N–C) groups is 2. The quantitative estimate of drug-likeness (QED) is 0.835. The minimum atomic E-state index is -0.289. The number of hydrogen-bond donors (Lipinski definition) is 1. The van der Waals surface area contributed by atoms with Gasteiger partial charge in [0.2, 0.25) is 0 Å². The Balaban J connectivity index is 2.72. The van der Waals surface area contributed by atoms with Gasteiger partial charge in [-0.3, -0.25) is 19.5 Å². The molecule has 0 aliphatic rings. The fourth-order valence-corrected chi connectivity index (χ4v) is 1.70. The Labute approximate surface area is 104 Å². The van der Waals surface area contributed by atoms with Crippen molar-refractivity contribution in [2.45, 2.75) is 6.92 Å². The SMILES string of the molecule is C=Nc1c(-c2cnn(C)c2)c[nH]c(=O)c1N=CC. The molecule has 18 heavy (non-hydrogen) atoms. The van der Waals surface area contributed by atoms with Crippen LogP contribution in [-0.2, 0) is 7.05 Å². The third-order valence-corrected chi connectivity index (χ3v) is 2.47. The van der Waals surface area contributed by atoms with Gasteiger partial charge in [0, 0.05) is 36.8 Å². The molecule has 2 aromatic rings. The molecule has 1 N–H and O–H groups in total. The van der Waals surface area contributed by atoms with Crippen molar-refractivity contribution in [1.82, 2.24) is 14.8 Å². The molecule has 6 heteroatoms. The molecular formula is C12H13N5O. The van der Waals surface area contributed by atoms with E-state index in [1.807, 2.05) is 13.2 Å². The lowest BCUT2D eigenvalue weighted by Gasteiger charge is -2.05. The van der Waals surface area contributed by atoms with Gasteiger partial charge in [-0.1, -0.05) is 0 Å². The molecule has 92 valence electrons. The Morgan fingerprint density at radius 1 is 1.50 bits per heavy atom. The Hall–Kier alpha value is -2.50. The molecule has 0 amide bonds. The van der Waals surface area contributed by atoms with Crippen molar-refractivity contribution in [3.8, 4) is 11.1 Å². The van der Waals surface area contributed by atoms with Gasteiger partial charge in [-0.15, -0.1) is 0 Å². The van der Waals surface area contributed by atoms with Crippen molar-refractivity contribution >= 4 is 24.3 Å². The smallest absolute Gasteiger partial charge is 0.276 e. The van der Waals surface area contributed by atoms with Crippen molar-refractivity contribution in [3.63, 3.8) is 0 Å². The van der Waals surface area contributed by atoms with E-state index >= 15 is 0 Å². The summed E-state index contributed by atoms with van der Waals surface area (Å²) in [7, 11) is 1.82. The number of H-pyrrole nitrogens is 1. The van der Waals surface area contributed by atoms with Crippen LogP contribution in [0, 0.1) is 0 Å². The molecule has 2 rings (SSSR count). The number of rotatable bonds is 3. The number of aromatic nitrogens is 3. The molecule has 0 aromatic carbocycles. The second-order valence-corrected chi connectivity index (χ2v) is 3.68. The van der Waals surface area contributed by atoms with Gasteiger partial charge in [-0.25, -0.2) is 0 Å². The zero-order valence-corrected chi connectivity index (χ0v) is 10.2.